The van der Waals surface area contributed by atoms with Crippen molar-refractivity contribution >= 4 is 39.2 Å². The summed E-state index contributed by atoms with van der Waals surface area (Å²) >= 11 is 7.70. The van der Waals surface area contributed by atoms with Crippen molar-refractivity contribution in [2.75, 3.05) is 6.61 Å². The van der Waals surface area contributed by atoms with E-state index in [0.29, 0.717) is 0 Å². The van der Waals surface area contributed by atoms with Crippen molar-refractivity contribution in [3.05, 3.63) is 36.7 Å². The molecule has 1 fully saturated rings. The minimum atomic E-state index is -1.43. The fourth-order valence-electron chi connectivity index (χ4n) is 2.01. The molecule has 1 aromatic rings. The molecular weight excluding hydrogens is 418 g/mol. The average Bonchev–Trinajstić information content (AvgIpc) is 2.74. The molecule has 0 spiro atoms. The van der Waals surface area contributed by atoms with Gasteiger partial charge in [0, 0.05) is 6.20 Å². The second-order valence-electron chi connectivity index (χ2n) is 4.40. The number of rotatable bonds is 3. The molecule has 8 nitrogen and oxygen atoms in total. The van der Waals surface area contributed by atoms with Crippen LogP contribution in [0.3, 0.4) is 0 Å². The predicted molar refractivity (Wildman–Crippen MR) is 82.2 cm³/mol. The van der Waals surface area contributed by atoms with Crippen molar-refractivity contribution in [2.45, 2.75) is 24.5 Å². The Hall–Kier alpha value is -0.720. The molecule has 0 amide bonds. The Bertz CT molecular complexity index is 671. The third kappa shape index (κ3) is 3.07. The first-order valence-electron chi connectivity index (χ1n) is 5.85. The molecule has 0 aromatic carbocycles. The van der Waals surface area contributed by atoms with Gasteiger partial charge in [-0.3, -0.25) is 14.3 Å². The molecule has 0 saturated carbocycles. The Kier molecular flexibility index (Phi) is 5.22. The van der Waals surface area contributed by atoms with E-state index in [1.165, 1.54) is 4.08 Å². The van der Waals surface area contributed by atoms with Gasteiger partial charge in [-0.05, 0) is 4.08 Å². The van der Waals surface area contributed by atoms with Crippen LogP contribution in [-0.4, -0.2) is 49.8 Å². The third-order valence-corrected chi connectivity index (χ3v) is 4.42. The van der Waals surface area contributed by atoms with E-state index in [1.807, 2.05) is 22.6 Å². The van der Waals surface area contributed by atoms with E-state index >= 15 is 0 Å². The van der Waals surface area contributed by atoms with E-state index in [1.54, 1.807) is 0 Å². The maximum Gasteiger partial charge on any atom is 0.330 e. The molecule has 1 aliphatic rings. The topological polar surface area (TPSA) is 125 Å². The quantitative estimate of drug-likeness (QED) is 0.462. The van der Waals surface area contributed by atoms with Crippen molar-refractivity contribution in [3.8, 4) is 0 Å². The molecular formula is C11H12ClIN2O6. The van der Waals surface area contributed by atoms with Gasteiger partial charge < -0.3 is 20.1 Å². The van der Waals surface area contributed by atoms with E-state index in [9.17, 15) is 19.8 Å². The number of aromatic nitrogens is 2. The molecule has 0 aliphatic carbocycles. The Balaban J connectivity index is 2.50. The van der Waals surface area contributed by atoms with Crippen LogP contribution in [0.25, 0.3) is 5.03 Å². The minimum absolute atomic E-state index is 0.0170. The molecule has 10 heteroatoms. The molecule has 2 heterocycles. The molecule has 4 atom stereocenters. The number of hydrogen-bond donors (Lipinski definition) is 4. The summed E-state index contributed by atoms with van der Waals surface area (Å²) in [7, 11) is 0. The van der Waals surface area contributed by atoms with Crippen molar-refractivity contribution in [1.29, 1.82) is 0 Å². The number of aromatic amines is 1. The molecule has 116 valence electrons. The smallest absolute Gasteiger partial charge is 0.330 e. The minimum Gasteiger partial charge on any atom is -0.394 e. The highest BCUT2D eigenvalue weighted by Gasteiger charge is 2.43. The van der Waals surface area contributed by atoms with Crippen LogP contribution in [-0.2, 0) is 4.74 Å². The number of aliphatic hydroxyl groups is 3. The van der Waals surface area contributed by atoms with Gasteiger partial charge >= 0.3 is 5.69 Å². The first-order valence-corrected chi connectivity index (χ1v) is 7.47. The van der Waals surface area contributed by atoms with Gasteiger partial charge in [-0.1, -0.05) is 34.2 Å². The van der Waals surface area contributed by atoms with Crippen LogP contribution < -0.4 is 11.2 Å². The van der Waals surface area contributed by atoms with Crippen LogP contribution in [0.5, 0.6) is 0 Å². The lowest BCUT2D eigenvalue weighted by Crippen LogP contribution is -2.38. The molecule has 21 heavy (non-hydrogen) atoms. The van der Waals surface area contributed by atoms with Gasteiger partial charge in [-0.25, -0.2) is 4.79 Å². The predicted octanol–water partition coefficient (Wildman–Crippen LogP) is -0.880. The molecule has 1 aromatic heterocycles. The zero-order chi connectivity index (χ0) is 15.7. The Morgan fingerprint density at radius 3 is 2.67 bits per heavy atom. The van der Waals surface area contributed by atoms with E-state index in [4.69, 9.17) is 21.4 Å². The Morgan fingerprint density at radius 2 is 2.14 bits per heavy atom. The number of aliphatic hydroxyl groups excluding tert-OH is 3. The monoisotopic (exact) mass is 430 g/mol. The van der Waals surface area contributed by atoms with Gasteiger partial charge in [0.1, 0.15) is 18.3 Å². The molecule has 2 rings (SSSR count). The normalized spacial score (nSPS) is 29.9. The summed E-state index contributed by atoms with van der Waals surface area (Å²) in [6.45, 7) is -0.520. The van der Waals surface area contributed by atoms with Crippen molar-refractivity contribution in [1.82, 2.24) is 9.55 Å². The van der Waals surface area contributed by atoms with Crippen LogP contribution in [0.4, 0.5) is 0 Å². The maximum atomic E-state index is 11.8. The average molecular weight is 431 g/mol. The molecule has 1 aliphatic heterocycles. The zero-order valence-electron chi connectivity index (χ0n) is 10.4. The molecule has 0 bridgehead atoms. The highest BCUT2D eigenvalue weighted by Crippen LogP contribution is 2.28. The SMILES string of the molecule is O=c1[nH]c(=O)n([C@@H]2O[C@H](CO)[C@@H](O)[C@H]2O)cc1/C(Cl)=C/I. The van der Waals surface area contributed by atoms with Crippen LogP contribution in [0.2, 0.25) is 0 Å². The summed E-state index contributed by atoms with van der Waals surface area (Å²) in [4.78, 5) is 25.6. The van der Waals surface area contributed by atoms with Gasteiger partial charge in [0.15, 0.2) is 6.23 Å². The van der Waals surface area contributed by atoms with Gasteiger partial charge in [0.05, 0.1) is 17.2 Å². The lowest BCUT2D eigenvalue weighted by Gasteiger charge is -2.17. The van der Waals surface area contributed by atoms with Gasteiger partial charge in [-0.15, -0.1) is 0 Å². The lowest BCUT2D eigenvalue weighted by atomic mass is 10.1. The van der Waals surface area contributed by atoms with Crippen LogP contribution in [0, 0.1) is 0 Å². The number of nitrogens with zero attached hydrogens (tertiary/aromatic N) is 1. The van der Waals surface area contributed by atoms with Crippen molar-refractivity contribution < 1.29 is 20.1 Å². The number of H-pyrrole nitrogens is 1. The Labute approximate surface area is 136 Å². The zero-order valence-corrected chi connectivity index (χ0v) is 13.4. The first kappa shape index (κ1) is 16.6. The van der Waals surface area contributed by atoms with Crippen LogP contribution >= 0.6 is 34.2 Å². The summed E-state index contributed by atoms with van der Waals surface area (Å²) in [5.41, 5.74) is -1.49. The van der Waals surface area contributed by atoms with E-state index < -0.39 is 42.4 Å². The fourth-order valence-corrected chi connectivity index (χ4v) is 2.48. The largest absolute Gasteiger partial charge is 0.394 e. The summed E-state index contributed by atoms with van der Waals surface area (Å²) < 4.78 is 7.60. The Morgan fingerprint density at radius 1 is 1.48 bits per heavy atom. The number of halogens is 2. The van der Waals surface area contributed by atoms with E-state index in [2.05, 4.69) is 4.98 Å². The molecule has 1 saturated heterocycles. The highest BCUT2D eigenvalue weighted by molar-refractivity contribution is 14.1. The van der Waals surface area contributed by atoms with Crippen molar-refractivity contribution in [3.63, 3.8) is 0 Å². The second kappa shape index (κ2) is 6.58. The van der Waals surface area contributed by atoms with Gasteiger partial charge in [0.25, 0.3) is 5.56 Å². The highest BCUT2D eigenvalue weighted by atomic mass is 127. The third-order valence-electron chi connectivity index (χ3n) is 3.11. The van der Waals surface area contributed by atoms with Gasteiger partial charge in [-0.2, -0.15) is 0 Å². The molecule has 4 N–H and O–H groups in total. The summed E-state index contributed by atoms with van der Waals surface area (Å²) in [6, 6.07) is 0. The van der Waals surface area contributed by atoms with E-state index in [-0.39, 0.29) is 10.6 Å². The van der Waals surface area contributed by atoms with Gasteiger partial charge in [0.2, 0.25) is 0 Å². The lowest BCUT2D eigenvalue weighted by molar-refractivity contribution is -0.0550. The molecule has 0 radical (unpaired) electrons. The fraction of sp³-hybridized carbons (Fsp3) is 0.455. The van der Waals surface area contributed by atoms with Crippen molar-refractivity contribution in [2.24, 2.45) is 0 Å². The maximum absolute atomic E-state index is 11.8. The first-order chi connectivity index (χ1) is 9.90. The van der Waals surface area contributed by atoms with E-state index in [0.717, 1.165) is 10.8 Å². The number of hydrogen-bond acceptors (Lipinski definition) is 6. The second-order valence-corrected chi connectivity index (χ2v) is 5.43. The van der Waals surface area contributed by atoms with Crippen LogP contribution in [0.15, 0.2) is 19.9 Å². The summed E-state index contributed by atoms with van der Waals surface area (Å²) in [5, 5.41) is 28.8. The summed E-state index contributed by atoms with van der Waals surface area (Å²) in [6.07, 6.45) is -3.90. The number of nitrogens with one attached hydrogen (secondary N) is 1. The summed E-state index contributed by atoms with van der Waals surface area (Å²) in [5.74, 6) is 0. The molecule has 0 unspecified atom stereocenters. The van der Waals surface area contributed by atoms with Crippen LogP contribution in [0.1, 0.15) is 11.8 Å². The standard InChI is InChI=1S/C11H12ClIN2O6/c12-5(1-13)4-2-15(11(20)14-9(4)19)10-8(18)7(17)6(3-16)21-10/h1-2,6-8,10,16-18H,3H2,(H,14,19,20)/b5-1-/t6-,7-,8-,10-/m1/s1. The number of ether oxygens (including phenoxy) is 1.